The molecular weight excluding hydrogens is 242 g/mol. The standard InChI is InChI=1S/C10H18BrN3/c1-10(2,3)5-7-14-8-9(4-6-11)12-13-14/h8H,4-7H2,1-3H3. The van der Waals surface area contributed by atoms with E-state index < -0.39 is 0 Å². The first-order valence-corrected chi connectivity index (χ1v) is 6.08. The summed E-state index contributed by atoms with van der Waals surface area (Å²) in [5, 5.41) is 9.12. The molecule has 80 valence electrons. The number of hydrogen-bond donors (Lipinski definition) is 0. The van der Waals surface area contributed by atoms with Crippen molar-refractivity contribution >= 4 is 15.9 Å². The monoisotopic (exact) mass is 259 g/mol. The summed E-state index contributed by atoms with van der Waals surface area (Å²) in [5.74, 6) is 0. The van der Waals surface area contributed by atoms with E-state index in [2.05, 4.69) is 47.0 Å². The van der Waals surface area contributed by atoms with Gasteiger partial charge in [0, 0.05) is 24.5 Å². The lowest BCUT2D eigenvalue weighted by atomic mass is 9.92. The van der Waals surface area contributed by atoms with Crippen molar-refractivity contribution in [2.75, 3.05) is 5.33 Å². The molecule has 0 unspecified atom stereocenters. The van der Waals surface area contributed by atoms with Gasteiger partial charge >= 0.3 is 0 Å². The second-order valence-corrected chi connectivity index (χ2v) is 5.52. The van der Waals surface area contributed by atoms with Gasteiger partial charge < -0.3 is 0 Å². The van der Waals surface area contributed by atoms with E-state index in [1.54, 1.807) is 0 Å². The maximum absolute atomic E-state index is 4.09. The first-order chi connectivity index (χ1) is 6.51. The molecule has 0 aliphatic rings. The van der Waals surface area contributed by atoms with Gasteiger partial charge in [-0.1, -0.05) is 41.9 Å². The fourth-order valence-corrected chi connectivity index (χ4v) is 1.52. The minimum atomic E-state index is 0.363. The first-order valence-electron chi connectivity index (χ1n) is 4.96. The maximum atomic E-state index is 4.09. The molecule has 0 aliphatic heterocycles. The second kappa shape index (κ2) is 4.91. The molecule has 1 heterocycles. The molecule has 3 nitrogen and oxygen atoms in total. The van der Waals surface area contributed by atoms with Crippen molar-refractivity contribution in [2.24, 2.45) is 5.41 Å². The highest BCUT2D eigenvalue weighted by Crippen LogP contribution is 2.18. The molecule has 4 heteroatoms. The number of rotatable bonds is 4. The topological polar surface area (TPSA) is 30.7 Å². The molecule has 1 aromatic rings. The predicted octanol–water partition coefficient (Wildman–Crippen LogP) is 2.65. The molecule has 0 bridgehead atoms. The predicted molar refractivity (Wildman–Crippen MR) is 61.6 cm³/mol. The van der Waals surface area contributed by atoms with E-state index in [1.165, 1.54) is 0 Å². The molecule has 0 radical (unpaired) electrons. The van der Waals surface area contributed by atoms with E-state index in [9.17, 15) is 0 Å². The molecule has 1 aromatic heterocycles. The quantitative estimate of drug-likeness (QED) is 0.779. The third kappa shape index (κ3) is 4.22. The van der Waals surface area contributed by atoms with E-state index >= 15 is 0 Å². The molecule has 0 N–H and O–H groups in total. The minimum absolute atomic E-state index is 0.363. The van der Waals surface area contributed by atoms with Crippen molar-refractivity contribution in [1.29, 1.82) is 0 Å². The number of halogens is 1. The van der Waals surface area contributed by atoms with Gasteiger partial charge in [-0.15, -0.1) is 5.10 Å². The lowest BCUT2D eigenvalue weighted by Crippen LogP contribution is -2.10. The van der Waals surface area contributed by atoms with E-state index in [4.69, 9.17) is 0 Å². The van der Waals surface area contributed by atoms with E-state index in [1.807, 2.05) is 10.9 Å². The van der Waals surface area contributed by atoms with Gasteiger partial charge in [0.2, 0.25) is 0 Å². The lowest BCUT2D eigenvalue weighted by molar-refractivity contribution is 0.339. The Kier molecular flexibility index (Phi) is 4.11. The summed E-state index contributed by atoms with van der Waals surface area (Å²) in [7, 11) is 0. The molecule has 1 rings (SSSR count). The fraction of sp³-hybridized carbons (Fsp3) is 0.800. The number of hydrogen-bond acceptors (Lipinski definition) is 2. The highest BCUT2D eigenvalue weighted by molar-refractivity contribution is 9.09. The molecule has 0 aliphatic carbocycles. The third-order valence-electron chi connectivity index (χ3n) is 2.03. The average molecular weight is 260 g/mol. The Morgan fingerprint density at radius 2 is 2.14 bits per heavy atom. The maximum Gasteiger partial charge on any atom is 0.0835 e. The van der Waals surface area contributed by atoms with Crippen molar-refractivity contribution < 1.29 is 0 Å². The van der Waals surface area contributed by atoms with Crippen molar-refractivity contribution in [3.8, 4) is 0 Å². The van der Waals surface area contributed by atoms with Crippen LogP contribution in [0.4, 0.5) is 0 Å². The zero-order chi connectivity index (χ0) is 10.6. The number of aryl methyl sites for hydroxylation is 2. The molecule has 0 fully saturated rings. The zero-order valence-electron chi connectivity index (χ0n) is 9.13. The van der Waals surface area contributed by atoms with Gasteiger partial charge in [0.05, 0.1) is 5.69 Å². The van der Waals surface area contributed by atoms with Gasteiger partial charge in [0.15, 0.2) is 0 Å². The average Bonchev–Trinajstić information content (AvgIpc) is 2.49. The Morgan fingerprint density at radius 3 is 2.71 bits per heavy atom. The van der Waals surface area contributed by atoms with E-state index in [0.29, 0.717) is 5.41 Å². The summed E-state index contributed by atoms with van der Waals surface area (Å²) < 4.78 is 1.93. The summed E-state index contributed by atoms with van der Waals surface area (Å²) in [5.41, 5.74) is 1.43. The molecule has 0 saturated heterocycles. The van der Waals surface area contributed by atoms with E-state index in [-0.39, 0.29) is 0 Å². The molecule has 0 aromatic carbocycles. The highest BCUT2D eigenvalue weighted by Gasteiger charge is 2.10. The zero-order valence-corrected chi connectivity index (χ0v) is 10.7. The van der Waals surface area contributed by atoms with Gasteiger partial charge in [0.1, 0.15) is 0 Å². The van der Waals surface area contributed by atoms with Crippen LogP contribution < -0.4 is 0 Å². The SMILES string of the molecule is CC(C)(C)CCn1cc(CCBr)nn1. The largest absolute Gasteiger partial charge is 0.252 e. The van der Waals surface area contributed by atoms with Crippen LogP contribution in [0.3, 0.4) is 0 Å². The molecule has 0 saturated carbocycles. The van der Waals surface area contributed by atoms with Crippen LogP contribution in [0.1, 0.15) is 32.9 Å². The summed E-state index contributed by atoms with van der Waals surface area (Å²) in [6.45, 7) is 7.68. The van der Waals surface area contributed by atoms with Gasteiger partial charge in [-0.2, -0.15) is 0 Å². The van der Waals surface area contributed by atoms with Gasteiger partial charge in [-0.05, 0) is 11.8 Å². The van der Waals surface area contributed by atoms with Crippen molar-refractivity contribution in [3.63, 3.8) is 0 Å². The number of aromatic nitrogens is 3. The van der Waals surface area contributed by atoms with Crippen LogP contribution in [0.15, 0.2) is 6.20 Å². The van der Waals surface area contributed by atoms with Gasteiger partial charge in [-0.25, -0.2) is 0 Å². The lowest BCUT2D eigenvalue weighted by Gasteiger charge is -2.17. The number of alkyl halides is 1. The first kappa shape index (κ1) is 11.7. The summed E-state index contributed by atoms with van der Waals surface area (Å²) in [4.78, 5) is 0. The van der Waals surface area contributed by atoms with Gasteiger partial charge in [-0.3, -0.25) is 4.68 Å². The minimum Gasteiger partial charge on any atom is -0.252 e. The van der Waals surface area contributed by atoms with Crippen LogP contribution in [0, 0.1) is 5.41 Å². The molecule has 14 heavy (non-hydrogen) atoms. The Morgan fingerprint density at radius 1 is 1.43 bits per heavy atom. The van der Waals surface area contributed by atoms with Crippen LogP contribution >= 0.6 is 15.9 Å². The summed E-state index contributed by atoms with van der Waals surface area (Å²) in [6, 6.07) is 0. The Bertz CT molecular complexity index is 275. The van der Waals surface area contributed by atoms with Crippen LogP contribution in [-0.4, -0.2) is 20.3 Å². The van der Waals surface area contributed by atoms with Crippen LogP contribution in [0.5, 0.6) is 0 Å². The Balaban J connectivity index is 2.44. The highest BCUT2D eigenvalue weighted by atomic mass is 79.9. The van der Waals surface area contributed by atoms with Crippen molar-refractivity contribution in [2.45, 2.75) is 40.2 Å². The smallest absolute Gasteiger partial charge is 0.0835 e. The molecule has 0 spiro atoms. The number of nitrogens with zero attached hydrogens (tertiary/aromatic N) is 3. The van der Waals surface area contributed by atoms with Crippen LogP contribution in [0.2, 0.25) is 0 Å². The van der Waals surface area contributed by atoms with Crippen molar-refractivity contribution in [3.05, 3.63) is 11.9 Å². The van der Waals surface area contributed by atoms with Crippen molar-refractivity contribution in [1.82, 2.24) is 15.0 Å². The second-order valence-electron chi connectivity index (χ2n) is 4.72. The Labute approximate surface area is 94.0 Å². The summed E-state index contributed by atoms with van der Waals surface area (Å²) in [6.07, 6.45) is 4.12. The fourth-order valence-electron chi connectivity index (χ4n) is 1.11. The summed E-state index contributed by atoms with van der Waals surface area (Å²) >= 11 is 3.39. The van der Waals surface area contributed by atoms with Gasteiger partial charge in [0.25, 0.3) is 0 Å². The Hall–Kier alpha value is -0.380. The molecule has 0 atom stereocenters. The molecular formula is C10H18BrN3. The van der Waals surface area contributed by atoms with E-state index in [0.717, 1.165) is 30.4 Å². The molecule has 0 amide bonds. The van der Waals surface area contributed by atoms with Crippen LogP contribution in [0.25, 0.3) is 0 Å². The van der Waals surface area contributed by atoms with Crippen LogP contribution in [-0.2, 0) is 13.0 Å². The third-order valence-corrected chi connectivity index (χ3v) is 2.42. The normalized spacial score (nSPS) is 12.0.